The summed E-state index contributed by atoms with van der Waals surface area (Å²) in [5.41, 5.74) is 0. The number of hydrogen-bond donors (Lipinski definition) is 3. The molecule has 1 rings (SSSR count). The van der Waals surface area contributed by atoms with Gasteiger partial charge in [0.15, 0.2) is 5.96 Å². The molecule has 106 valence electrons. The van der Waals surface area contributed by atoms with Crippen molar-refractivity contribution in [1.29, 1.82) is 0 Å². The molecule has 0 aromatic heterocycles. The minimum Gasteiger partial charge on any atom is -0.393 e. The lowest BCUT2D eigenvalue weighted by Gasteiger charge is -2.27. The lowest BCUT2D eigenvalue weighted by molar-refractivity contribution is 0.120. The van der Waals surface area contributed by atoms with Gasteiger partial charge in [0.05, 0.1) is 19.3 Å². The van der Waals surface area contributed by atoms with Gasteiger partial charge in [0, 0.05) is 19.2 Å². The van der Waals surface area contributed by atoms with Crippen molar-refractivity contribution in [2.24, 2.45) is 4.99 Å². The van der Waals surface area contributed by atoms with Crippen LogP contribution in [0.4, 0.5) is 0 Å². The monoisotopic (exact) mass is 257 g/mol. The summed E-state index contributed by atoms with van der Waals surface area (Å²) in [5, 5.41) is 16.1. The van der Waals surface area contributed by atoms with E-state index in [2.05, 4.69) is 22.5 Å². The molecular weight excluding hydrogens is 230 g/mol. The highest BCUT2D eigenvalue weighted by Crippen LogP contribution is 2.17. The number of ether oxygens (including phenoxy) is 1. The molecule has 5 nitrogen and oxygen atoms in total. The summed E-state index contributed by atoms with van der Waals surface area (Å²) in [6, 6.07) is 0.429. The molecule has 5 heteroatoms. The van der Waals surface area contributed by atoms with E-state index in [1.807, 2.05) is 6.92 Å². The first kappa shape index (κ1) is 15.2. The minimum absolute atomic E-state index is 0.111. The van der Waals surface area contributed by atoms with Crippen LogP contribution in [0.5, 0.6) is 0 Å². The van der Waals surface area contributed by atoms with Crippen molar-refractivity contribution >= 4 is 5.96 Å². The van der Waals surface area contributed by atoms with E-state index < -0.39 is 0 Å². The third-order valence-corrected chi connectivity index (χ3v) is 3.09. The summed E-state index contributed by atoms with van der Waals surface area (Å²) >= 11 is 0. The van der Waals surface area contributed by atoms with E-state index in [1.165, 1.54) is 0 Å². The number of rotatable bonds is 6. The van der Waals surface area contributed by atoms with E-state index in [0.29, 0.717) is 19.2 Å². The van der Waals surface area contributed by atoms with Crippen LogP contribution >= 0.6 is 0 Å². The second-order valence-corrected chi connectivity index (χ2v) is 4.61. The fraction of sp³-hybridized carbons (Fsp3) is 0.923. The van der Waals surface area contributed by atoms with E-state index >= 15 is 0 Å². The Kier molecular flexibility index (Phi) is 7.76. The molecule has 0 aromatic carbocycles. The molecule has 0 atom stereocenters. The van der Waals surface area contributed by atoms with E-state index in [1.54, 1.807) is 0 Å². The van der Waals surface area contributed by atoms with Gasteiger partial charge in [-0.1, -0.05) is 0 Å². The first-order valence-corrected chi connectivity index (χ1v) is 7.06. The Balaban J connectivity index is 2.31. The molecule has 0 unspecified atom stereocenters. The minimum atomic E-state index is -0.111. The van der Waals surface area contributed by atoms with Crippen LogP contribution in [0.15, 0.2) is 4.99 Å². The van der Waals surface area contributed by atoms with E-state index in [0.717, 1.165) is 44.8 Å². The smallest absolute Gasteiger partial charge is 0.191 e. The Bertz CT molecular complexity index is 238. The summed E-state index contributed by atoms with van der Waals surface area (Å²) in [6.07, 6.45) is 3.68. The van der Waals surface area contributed by atoms with Crippen LogP contribution in [0.25, 0.3) is 0 Å². The topological polar surface area (TPSA) is 65.9 Å². The Hall–Kier alpha value is -0.810. The van der Waals surface area contributed by atoms with Crippen LogP contribution < -0.4 is 10.6 Å². The highest BCUT2D eigenvalue weighted by Gasteiger charge is 2.19. The molecule has 0 spiro atoms. The van der Waals surface area contributed by atoms with Crippen molar-refractivity contribution in [1.82, 2.24) is 10.6 Å². The number of nitrogens with zero attached hydrogens (tertiary/aromatic N) is 1. The lowest BCUT2D eigenvalue weighted by Crippen LogP contribution is -2.45. The van der Waals surface area contributed by atoms with Gasteiger partial charge in [-0.05, 0) is 39.5 Å². The molecule has 1 saturated carbocycles. The standard InChI is InChI=1S/C13H27N3O2/c1-3-14-13(15-9-10-18-4-2)16-11-5-7-12(17)8-6-11/h11-12,17H,3-10H2,1-2H3,(H2,14,15,16). The molecule has 0 aliphatic heterocycles. The number of guanidine groups is 1. The van der Waals surface area contributed by atoms with Crippen LogP contribution in [0.2, 0.25) is 0 Å². The maximum atomic E-state index is 9.47. The van der Waals surface area contributed by atoms with Crippen LogP contribution in [-0.4, -0.2) is 49.5 Å². The maximum Gasteiger partial charge on any atom is 0.191 e. The Morgan fingerprint density at radius 2 is 2.00 bits per heavy atom. The molecule has 0 amide bonds. The summed E-state index contributed by atoms with van der Waals surface area (Å²) in [7, 11) is 0. The van der Waals surface area contributed by atoms with Crippen LogP contribution in [0.3, 0.4) is 0 Å². The zero-order valence-electron chi connectivity index (χ0n) is 11.6. The number of hydrogen-bond acceptors (Lipinski definition) is 3. The van der Waals surface area contributed by atoms with Crippen molar-refractivity contribution in [3.63, 3.8) is 0 Å². The Morgan fingerprint density at radius 3 is 2.61 bits per heavy atom. The number of aliphatic hydroxyl groups is 1. The second-order valence-electron chi connectivity index (χ2n) is 4.61. The molecule has 0 aromatic rings. The molecule has 1 aliphatic rings. The van der Waals surface area contributed by atoms with Gasteiger partial charge in [-0.25, -0.2) is 0 Å². The van der Waals surface area contributed by atoms with Gasteiger partial charge in [-0.2, -0.15) is 0 Å². The quantitative estimate of drug-likeness (QED) is 0.375. The molecule has 0 bridgehead atoms. The number of nitrogens with one attached hydrogen (secondary N) is 2. The van der Waals surface area contributed by atoms with E-state index in [-0.39, 0.29) is 6.10 Å². The first-order chi connectivity index (χ1) is 8.76. The lowest BCUT2D eigenvalue weighted by atomic mass is 9.93. The van der Waals surface area contributed by atoms with Gasteiger partial charge in [0.1, 0.15) is 0 Å². The summed E-state index contributed by atoms with van der Waals surface area (Å²) in [4.78, 5) is 4.47. The summed E-state index contributed by atoms with van der Waals surface area (Å²) in [5.74, 6) is 0.860. The normalized spacial score (nSPS) is 24.9. The van der Waals surface area contributed by atoms with Crippen molar-refractivity contribution in [2.75, 3.05) is 26.3 Å². The van der Waals surface area contributed by atoms with Crippen molar-refractivity contribution < 1.29 is 9.84 Å². The average Bonchev–Trinajstić information content (AvgIpc) is 2.37. The van der Waals surface area contributed by atoms with Gasteiger partial charge in [-0.15, -0.1) is 0 Å². The zero-order chi connectivity index (χ0) is 13.2. The van der Waals surface area contributed by atoms with Crippen molar-refractivity contribution in [3.05, 3.63) is 0 Å². The molecule has 1 fully saturated rings. The predicted molar refractivity (Wildman–Crippen MR) is 73.9 cm³/mol. The van der Waals surface area contributed by atoms with Gasteiger partial charge >= 0.3 is 0 Å². The van der Waals surface area contributed by atoms with Crippen LogP contribution in [0.1, 0.15) is 39.5 Å². The highest BCUT2D eigenvalue weighted by atomic mass is 16.5. The number of aliphatic imine (C=N–C) groups is 1. The third kappa shape index (κ3) is 6.21. The second kappa shape index (κ2) is 9.16. The predicted octanol–water partition coefficient (Wildman–Crippen LogP) is 0.881. The van der Waals surface area contributed by atoms with Crippen LogP contribution in [0, 0.1) is 0 Å². The number of aliphatic hydroxyl groups excluding tert-OH is 1. The van der Waals surface area contributed by atoms with Crippen LogP contribution in [-0.2, 0) is 4.74 Å². The SMILES string of the molecule is CCNC(=NCCOCC)NC1CCC(O)CC1. The van der Waals surface area contributed by atoms with Gasteiger partial charge < -0.3 is 20.5 Å². The first-order valence-electron chi connectivity index (χ1n) is 7.06. The summed E-state index contributed by atoms with van der Waals surface area (Å²) in [6.45, 7) is 6.98. The third-order valence-electron chi connectivity index (χ3n) is 3.09. The molecule has 0 heterocycles. The molecule has 18 heavy (non-hydrogen) atoms. The molecular formula is C13H27N3O2. The maximum absolute atomic E-state index is 9.47. The molecule has 1 aliphatic carbocycles. The fourth-order valence-electron chi connectivity index (χ4n) is 2.10. The van der Waals surface area contributed by atoms with Gasteiger partial charge in [0.25, 0.3) is 0 Å². The Labute approximate surface area is 110 Å². The van der Waals surface area contributed by atoms with E-state index in [4.69, 9.17) is 4.74 Å². The Morgan fingerprint density at radius 1 is 1.28 bits per heavy atom. The zero-order valence-corrected chi connectivity index (χ0v) is 11.6. The van der Waals surface area contributed by atoms with Gasteiger partial charge in [-0.3, -0.25) is 4.99 Å². The van der Waals surface area contributed by atoms with Crippen molar-refractivity contribution in [2.45, 2.75) is 51.7 Å². The summed E-state index contributed by atoms with van der Waals surface area (Å²) < 4.78 is 5.27. The molecule has 0 radical (unpaired) electrons. The molecule has 0 saturated heterocycles. The largest absolute Gasteiger partial charge is 0.393 e. The fourth-order valence-corrected chi connectivity index (χ4v) is 2.10. The molecule has 3 N–H and O–H groups in total. The van der Waals surface area contributed by atoms with Crippen molar-refractivity contribution in [3.8, 4) is 0 Å². The average molecular weight is 257 g/mol. The van der Waals surface area contributed by atoms with Gasteiger partial charge in [0.2, 0.25) is 0 Å². The van der Waals surface area contributed by atoms with E-state index in [9.17, 15) is 5.11 Å². The highest BCUT2D eigenvalue weighted by molar-refractivity contribution is 5.80.